The third-order valence-electron chi connectivity index (χ3n) is 2.96. The van der Waals surface area contributed by atoms with E-state index in [1.165, 1.54) is 0 Å². The van der Waals surface area contributed by atoms with Crippen molar-refractivity contribution in [1.29, 1.82) is 5.26 Å². The van der Waals surface area contributed by atoms with Gasteiger partial charge < -0.3 is 10.1 Å². The molecule has 5 nitrogen and oxygen atoms in total. The van der Waals surface area contributed by atoms with Gasteiger partial charge in [-0.1, -0.05) is 19.9 Å². The number of rotatable bonds is 7. The highest BCUT2D eigenvalue weighted by Crippen LogP contribution is 2.19. The zero-order valence-corrected chi connectivity index (χ0v) is 13.1. The molecule has 1 amide bonds. The quantitative estimate of drug-likeness (QED) is 0.831. The normalized spacial score (nSPS) is 10.5. The van der Waals surface area contributed by atoms with Crippen LogP contribution in [0.15, 0.2) is 18.2 Å². The van der Waals surface area contributed by atoms with E-state index in [2.05, 4.69) is 25.2 Å². The summed E-state index contributed by atoms with van der Waals surface area (Å²) < 4.78 is 5.18. The van der Waals surface area contributed by atoms with E-state index in [4.69, 9.17) is 10.00 Å². The molecule has 0 aliphatic carbocycles. The molecule has 0 saturated heterocycles. The fourth-order valence-corrected chi connectivity index (χ4v) is 1.91. The summed E-state index contributed by atoms with van der Waals surface area (Å²) in [6, 6.07) is 7.53. The highest BCUT2D eigenvalue weighted by molar-refractivity contribution is 5.77. The lowest BCUT2D eigenvalue weighted by atomic mass is 10.1. The number of carbonyl (C=O) groups is 1. The molecule has 0 aromatic heterocycles. The van der Waals surface area contributed by atoms with Gasteiger partial charge in [0.15, 0.2) is 0 Å². The maximum Gasteiger partial charge on any atom is 0.234 e. The standard InChI is InChI=1S/C16H23N3O2/c1-12(2)9-18-16(20)11-19(3)10-13-5-6-14(8-17)15(7-13)21-4/h5-7,12H,9-11H2,1-4H3,(H,18,20). The maximum absolute atomic E-state index is 11.8. The predicted octanol–water partition coefficient (Wildman–Crippen LogP) is 1.77. The van der Waals surface area contributed by atoms with Crippen LogP contribution >= 0.6 is 0 Å². The first kappa shape index (κ1) is 17.0. The van der Waals surface area contributed by atoms with Crippen LogP contribution < -0.4 is 10.1 Å². The number of nitrogens with zero attached hydrogens (tertiary/aromatic N) is 2. The van der Waals surface area contributed by atoms with Crippen LogP contribution in [0.25, 0.3) is 0 Å². The minimum atomic E-state index is 0.0202. The van der Waals surface area contributed by atoms with Crippen molar-refractivity contribution in [3.8, 4) is 11.8 Å². The Balaban J connectivity index is 2.57. The lowest BCUT2D eigenvalue weighted by molar-refractivity contribution is -0.122. The van der Waals surface area contributed by atoms with Crippen LogP contribution in [0, 0.1) is 17.2 Å². The van der Waals surface area contributed by atoms with Crippen molar-refractivity contribution in [3.05, 3.63) is 29.3 Å². The summed E-state index contributed by atoms with van der Waals surface area (Å²) in [4.78, 5) is 13.7. The Bertz CT molecular complexity index is 521. The number of benzene rings is 1. The second-order valence-corrected chi connectivity index (χ2v) is 5.52. The summed E-state index contributed by atoms with van der Waals surface area (Å²) >= 11 is 0. The molecule has 0 aliphatic rings. The molecule has 0 fully saturated rings. The Hall–Kier alpha value is -2.06. The van der Waals surface area contributed by atoms with Gasteiger partial charge in [-0.2, -0.15) is 5.26 Å². The van der Waals surface area contributed by atoms with Crippen LogP contribution in [0.5, 0.6) is 5.75 Å². The monoisotopic (exact) mass is 289 g/mol. The molecule has 0 bridgehead atoms. The number of carbonyl (C=O) groups excluding carboxylic acids is 1. The summed E-state index contributed by atoms with van der Waals surface area (Å²) in [6.07, 6.45) is 0. The predicted molar refractivity (Wildman–Crippen MR) is 81.9 cm³/mol. The Morgan fingerprint density at radius 1 is 1.48 bits per heavy atom. The van der Waals surface area contributed by atoms with Crippen LogP contribution in [-0.2, 0) is 11.3 Å². The summed E-state index contributed by atoms with van der Waals surface area (Å²) in [5.41, 5.74) is 1.52. The minimum absolute atomic E-state index is 0.0202. The maximum atomic E-state index is 11.8. The summed E-state index contributed by atoms with van der Waals surface area (Å²) in [5.74, 6) is 1.03. The van der Waals surface area contributed by atoms with E-state index < -0.39 is 0 Å². The van der Waals surface area contributed by atoms with Gasteiger partial charge >= 0.3 is 0 Å². The van der Waals surface area contributed by atoms with Crippen molar-refractivity contribution in [2.24, 2.45) is 5.92 Å². The van der Waals surface area contributed by atoms with Crippen molar-refractivity contribution >= 4 is 5.91 Å². The molecule has 1 N–H and O–H groups in total. The molecule has 0 aliphatic heterocycles. The van der Waals surface area contributed by atoms with E-state index >= 15 is 0 Å². The second kappa shape index (κ2) is 8.28. The summed E-state index contributed by atoms with van der Waals surface area (Å²) in [5, 5.41) is 11.8. The number of nitriles is 1. The average Bonchev–Trinajstić information content (AvgIpc) is 2.44. The number of hydrogen-bond acceptors (Lipinski definition) is 4. The topological polar surface area (TPSA) is 65.4 Å². The van der Waals surface area contributed by atoms with Gasteiger partial charge in [0.05, 0.1) is 19.2 Å². The van der Waals surface area contributed by atoms with Crippen molar-refractivity contribution in [2.45, 2.75) is 20.4 Å². The van der Waals surface area contributed by atoms with E-state index in [1.54, 1.807) is 13.2 Å². The lowest BCUT2D eigenvalue weighted by Crippen LogP contribution is -2.36. The van der Waals surface area contributed by atoms with Crippen molar-refractivity contribution in [3.63, 3.8) is 0 Å². The Labute approximate surface area is 126 Å². The van der Waals surface area contributed by atoms with Crippen LogP contribution in [-0.4, -0.2) is 38.1 Å². The highest BCUT2D eigenvalue weighted by atomic mass is 16.5. The molecular weight excluding hydrogens is 266 g/mol. The number of nitrogens with one attached hydrogen (secondary N) is 1. The number of likely N-dealkylation sites (N-methyl/N-ethyl adjacent to an activating group) is 1. The zero-order chi connectivity index (χ0) is 15.8. The van der Waals surface area contributed by atoms with Crippen LogP contribution in [0.4, 0.5) is 0 Å². The van der Waals surface area contributed by atoms with Gasteiger partial charge in [0.1, 0.15) is 11.8 Å². The first-order valence-corrected chi connectivity index (χ1v) is 6.98. The third kappa shape index (κ3) is 5.84. The Kier molecular flexibility index (Phi) is 6.70. The fraction of sp³-hybridized carbons (Fsp3) is 0.500. The molecule has 114 valence electrons. The number of ether oxygens (including phenoxy) is 1. The molecule has 0 heterocycles. The molecule has 0 atom stereocenters. The van der Waals surface area contributed by atoms with Gasteiger partial charge in [-0.3, -0.25) is 9.69 Å². The first-order chi connectivity index (χ1) is 9.96. The molecule has 1 aromatic carbocycles. The van der Waals surface area contributed by atoms with Gasteiger partial charge in [-0.15, -0.1) is 0 Å². The van der Waals surface area contributed by atoms with Gasteiger partial charge in [0, 0.05) is 13.1 Å². The Morgan fingerprint density at radius 3 is 2.76 bits per heavy atom. The van der Waals surface area contributed by atoms with Crippen molar-refractivity contribution in [1.82, 2.24) is 10.2 Å². The summed E-state index contributed by atoms with van der Waals surface area (Å²) in [7, 11) is 3.43. The molecule has 0 spiro atoms. The fourth-order valence-electron chi connectivity index (χ4n) is 1.91. The SMILES string of the molecule is COc1cc(CN(C)CC(=O)NCC(C)C)ccc1C#N. The molecule has 0 unspecified atom stereocenters. The molecule has 5 heteroatoms. The largest absolute Gasteiger partial charge is 0.495 e. The molecule has 0 saturated carbocycles. The van der Waals surface area contributed by atoms with Crippen LogP contribution in [0.3, 0.4) is 0 Å². The van der Waals surface area contributed by atoms with E-state index in [0.29, 0.717) is 36.9 Å². The number of methoxy groups -OCH3 is 1. The van der Waals surface area contributed by atoms with Gasteiger partial charge in [-0.05, 0) is 30.7 Å². The van der Waals surface area contributed by atoms with E-state index in [0.717, 1.165) is 5.56 Å². The minimum Gasteiger partial charge on any atom is -0.495 e. The van der Waals surface area contributed by atoms with E-state index in [-0.39, 0.29) is 5.91 Å². The highest BCUT2D eigenvalue weighted by Gasteiger charge is 2.09. The number of hydrogen-bond donors (Lipinski definition) is 1. The van der Waals surface area contributed by atoms with Gasteiger partial charge in [0.2, 0.25) is 5.91 Å². The lowest BCUT2D eigenvalue weighted by Gasteiger charge is -2.17. The van der Waals surface area contributed by atoms with Crippen LogP contribution in [0.2, 0.25) is 0 Å². The molecule has 1 aromatic rings. The van der Waals surface area contributed by atoms with Gasteiger partial charge in [0.25, 0.3) is 0 Å². The zero-order valence-electron chi connectivity index (χ0n) is 13.1. The third-order valence-corrected chi connectivity index (χ3v) is 2.96. The van der Waals surface area contributed by atoms with E-state index in [9.17, 15) is 4.79 Å². The van der Waals surface area contributed by atoms with Crippen LogP contribution in [0.1, 0.15) is 25.0 Å². The molecule has 21 heavy (non-hydrogen) atoms. The first-order valence-electron chi connectivity index (χ1n) is 6.98. The summed E-state index contributed by atoms with van der Waals surface area (Å²) in [6.45, 7) is 5.78. The molecular formula is C16H23N3O2. The van der Waals surface area contributed by atoms with Crippen molar-refractivity contribution < 1.29 is 9.53 Å². The second-order valence-electron chi connectivity index (χ2n) is 5.52. The molecule has 0 radical (unpaired) electrons. The van der Waals surface area contributed by atoms with E-state index in [1.807, 2.05) is 24.1 Å². The molecule has 1 rings (SSSR count). The number of amides is 1. The van der Waals surface area contributed by atoms with Gasteiger partial charge in [-0.25, -0.2) is 0 Å². The van der Waals surface area contributed by atoms with Crippen molar-refractivity contribution in [2.75, 3.05) is 27.2 Å². The Morgan fingerprint density at radius 2 is 2.19 bits per heavy atom. The smallest absolute Gasteiger partial charge is 0.234 e. The average molecular weight is 289 g/mol.